The highest BCUT2D eigenvalue weighted by molar-refractivity contribution is 7.90. The lowest BCUT2D eigenvalue weighted by Gasteiger charge is -2.11. The van der Waals surface area contributed by atoms with Crippen LogP contribution in [0.5, 0.6) is 0 Å². The Kier molecular flexibility index (Phi) is 8.33. The van der Waals surface area contributed by atoms with Crippen LogP contribution in [-0.4, -0.2) is 37.5 Å². The second kappa shape index (κ2) is 10.7. The summed E-state index contributed by atoms with van der Waals surface area (Å²) in [7, 11) is -3.82. The summed E-state index contributed by atoms with van der Waals surface area (Å²) >= 11 is 0. The minimum absolute atomic E-state index is 0.0733. The number of hydrogen-bond donors (Lipinski definition) is 2. The van der Waals surface area contributed by atoms with Crippen LogP contribution in [0.25, 0.3) is 0 Å². The van der Waals surface area contributed by atoms with Crippen LogP contribution in [0, 0.1) is 5.92 Å². The number of nitrogens with one attached hydrogen (secondary N) is 2. The van der Waals surface area contributed by atoms with Crippen LogP contribution in [-0.2, 0) is 27.7 Å². The molecule has 2 aromatic rings. The molecular formula is C21H27N3O4S. The highest BCUT2D eigenvalue weighted by atomic mass is 32.2. The molecule has 0 aliphatic rings. The van der Waals surface area contributed by atoms with E-state index in [0.717, 1.165) is 5.56 Å². The molecule has 29 heavy (non-hydrogen) atoms. The first-order valence-electron chi connectivity index (χ1n) is 9.56. The van der Waals surface area contributed by atoms with Crippen molar-refractivity contribution < 1.29 is 18.0 Å². The minimum atomic E-state index is -3.82. The Labute approximate surface area is 172 Å². The predicted molar refractivity (Wildman–Crippen MR) is 112 cm³/mol. The van der Waals surface area contributed by atoms with E-state index in [1.54, 1.807) is 18.3 Å². The van der Waals surface area contributed by atoms with Gasteiger partial charge in [0.05, 0.1) is 17.0 Å². The molecule has 8 heteroatoms. The third-order valence-corrected chi connectivity index (χ3v) is 5.43. The average molecular weight is 418 g/mol. The van der Waals surface area contributed by atoms with Gasteiger partial charge in [0.15, 0.2) is 0 Å². The van der Waals surface area contributed by atoms with Crippen LogP contribution in [0.15, 0.2) is 48.7 Å². The number of pyridine rings is 1. The lowest BCUT2D eigenvalue weighted by molar-refractivity contribution is -0.119. The number of sulfonamides is 1. The van der Waals surface area contributed by atoms with Gasteiger partial charge in [0.2, 0.25) is 15.9 Å². The van der Waals surface area contributed by atoms with Crippen molar-refractivity contribution in [3.63, 3.8) is 0 Å². The number of rotatable bonds is 10. The first-order valence-corrected chi connectivity index (χ1v) is 11.2. The Balaban J connectivity index is 1.81. The molecule has 0 fully saturated rings. The fraction of sp³-hybridized carbons (Fsp3) is 0.381. The number of aryl methyl sites for hydroxylation is 1. The van der Waals surface area contributed by atoms with Crippen LogP contribution in [0.2, 0.25) is 0 Å². The fourth-order valence-corrected chi connectivity index (χ4v) is 3.69. The van der Waals surface area contributed by atoms with Crippen LogP contribution in [0.3, 0.4) is 0 Å². The van der Waals surface area contributed by atoms with Gasteiger partial charge in [0, 0.05) is 19.2 Å². The van der Waals surface area contributed by atoms with E-state index in [9.17, 15) is 18.0 Å². The molecule has 0 saturated carbocycles. The summed E-state index contributed by atoms with van der Waals surface area (Å²) in [5.74, 6) is -0.982. The molecule has 2 amide bonds. The number of aromatic nitrogens is 1. The molecule has 156 valence electrons. The topological polar surface area (TPSA) is 105 Å². The zero-order chi connectivity index (χ0) is 21.3. The van der Waals surface area contributed by atoms with Crippen LogP contribution < -0.4 is 10.0 Å². The van der Waals surface area contributed by atoms with Crippen molar-refractivity contribution in [3.05, 3.63) is 65.5 Å². The smallest absolute Gasteiger partial charge is 0.253 e. The molecule has 0 spiro atoms. The Morgan fingerprint density at radius 2 is 1.79 bits per heavy atom. The van der Waals surface area contributed by atoms with E-state index in [-0.39, 0.29) is 24.6 Å². The molecule has 0 aliphatic heterocycles. The van der Waals surface area contributed by atoms with E-state index in [4.69, 9.17) is 0 Å². The average Bonchev–Trinajstić information content (AvgIpc) is 2.66. The molecule has 2 N–H and O–H groups in total. The first-order chi connectivity index (χ1) is 13.8. The maximum atomic E-state index is 12.4. The number of nitrogens with zero attached hydrogens (tertiary/aromatic N) is 1. The molecule has 0 bridgehead atoms. The molecule has 0 atom stereocenters. The zero-order valence-corrected chi connectivity index (χ0v) is 17.5. The number of hydrogen-bond acceptors (Lipinski definition) is 5. The number of carbonyl (C=O) groups excluding carboxylic acids is 2. The normalized spacial score (nSPS) is 11.3. The predicted octanol–water partition coefficient (Wildman–Crippen LogP) is 2.09. The SMILES string of the molecule is CC(C)Cc1ncccc1C(=O)NCCS(=O)(=O)NC(=O)CCc1ccccc1. The second-order valence-corrected chi connectivity index (χ2v) is 9.02. The quantitative estimate of drug-likeness (QED) is 0.616. The highest BCUT2D eigenvalue weighted by Gasteiger charge is 2.17. The maximum Gasteiger partial charge on any atom is 0.253 e. The molecule has 1 aromatic heterocycles. The Morgan fingerprint density at radius 3 is 2.48 bits per heavy atom. The molecule has 0 unspecified atom stereocenters. The monoisotopic (exact) mass is 417 g/mol. The molecule has 2 rings (SSSR count). The lowest BCUT2D eigenvalue weighted by Crippen LogP contribution is -2.37. The van der Waals surface area contributed by atoms with Gasteiger partial charge in [-0.25, -0.2) is 8.42 Å². The number of benzene rings is 1. The van der Waals surface area contributed by atoms with Gasteiger partial charge < -0.3 is 5.32 Å². The zero-order valence-electron chi connectivity index (χ0n) is 16.7. The van der Waals surface area contributed by atoms with Crippen molar-refractivity contribution in [2.24, 2.45) is 5.92 Å². The van der Waals surface area contributed by atoms with Crippen LogP contribution >= 0.6 is 0 Å². The van der Waals surface area contributed by atoms with Crippen molar-refractivity contribution in [2.75, 3.05) is 12.3 Å². The van der Waals surface area contributed by atoms with Crippen molar-refractivity contribution >= 4 is 21.8 Å². The summed E-state index contributed by atoms with van der Waals surface area (Å²) in [6.45, 7) is 3.96. The summed E-state index contributed by atoms with van der Waals surface area (Å²) in [5.41, 5.74) is 2.07. The summed E-state index contributed by atoms with van der Waals surface area (Å²) in [6.07, 6.45) is 2.81. The van der Waals surface area contributed by atoms with Crippen molar-refractivity contribution in [1.29, 1.82) is 0 Å². The van der Waals surface area contributed by atoms with E-state index in [2.05, 4.69) is 10.3 Å². The number of amides is 2. The lowest BCUT2D eigenvalue weighted by atomic mass is 10.0. The Bertz CT molecular complexity index is 928. The Hall–Kier alpha value is -2.74. The molecule has 0 radical (unpaired) electrons. The highest BCUT2D eigenvalue weighted by Crippen LogP contribution is 2.11. The summed E-state index contributed by atoms with van der Waals surface area (Å²) in [4.78, 5) is 28.5. The number of carbonyl (C=O) groups is 2. The van der Waals surface area contributed by atoms with Gasteiger partial charge in [-0.3, -0.25) is 19.3 Å². The molecule has 0 saturated heterocycles. The molecule has 1 aromatic carbocycles. The summed E-state index contributed by atoms with van der Waals surface area (Å²) < 4.78 is 26.2. The van der Waals surface area contributed by atoms with E-state index in [1.807, 2.05) is 48.9 Å². The van der Waals surface area contributed by atoms with Gasteiger partial charge in [-0.05, 0) is 36.5 Å². The Morgan fingerprint density at radius 1 is 1.07 bits per heavy atom. The largest absolute Gasteiger partial charge is 0.351 e. The van der Waals surface area contributed by atoms with Crippen molar-refractivity contribution in [3.8, 4) is 0 Å². The van der Waals surface area contributed by atoms with Gasteiger partial charge in [-0.2, -0.15) is 0 Å². The first kappa shape index (κ1) is 22.5. The minimum Gasteiger partial charge on any atom is -0.351 e. The molecule has 1 heterocycles. The molecule has 7 nitrogen and oxygen atoms in total. The van der Waals surface area contributed by atoms with E-state index >= 15 is 0 Å². The third kappa shape index (κ3) is 8.03. The standard InChI is InChI=1S/C21H27N3O4S/c1-16(2)15-19-18(9-6-12-22-19)21(26)23-13-14-29(27,28)24-20(25)11-10-17-7-4-3-5-8-17/h3-9,12,16H,10-11,13-15H2,1-2H3,(H,23,26)(H,24,25). The van der Waals surface area contributed by atoms with Gasteiger partial charge in [-0.1, -0.05) is 44.2 Å². The summed E-state index contributed by atoms with van der Waals surface area (Å²) in [5, 5.41) is 2.59. The van der Waals surface area contributed by atoms with Gasteiger partial charge in [0.25, 0.3) is 5.91 Å². The molecule has 0 aliphatic carbocycles. The molecular weight excluding hydrogens is 390 g/mol. The van der Waals surface area contributed by atoms with Gasteiger partial charge in [0.1, 0.15) is 0 Å². The fourth-order valence-electron chi connectivity index (χ4n) is 2.77. The van der Waals surface area contributed by atoms with E-state index in [0.29, 0.717) is 30.0 Å². The van der Waals surface area contributed by atoms with Crippen molar-refractivity contribution in [1.82, 2.24) is 15.0 Å². The van der Waals surface area contributed by atoms with Crippen molar-refractivity contribution in [2.45, 2.75) is 33.1 Å². The third-order valence-electron chi connectivity index (χ3n) is 4.15. The van der Waals surface area contributed by atoms with Crippen LogP contribution in [0.4, 0.5) is 0 Å². The van der Waals surface area contributed by atoms with E-state index < -0.39 is 15.9 Å². The second-order valence-electron chi connectivity index (χ2n) is 7.18. The van der Waals surface area contributed by atoms with Crippen LogP contribution in [0.1, 0.15) is 41.9 Å². The summed E-state index contributed by atoms with van der Waals surface area (Å²) in [6, 6.07) is 12.7. The van der Waals surface area contributed by atoms with E-state index in [1.165, 1.54) is 0 Å². The maximum absolute atomic E-state index is 12.4. The van der Waals surface area contributed by atoms with Gasteiger partial charge >= 0.3 is 0 Å². The van der Waals surface area contributed by atoms with Gasteiger partial charge in [-0.15, -0.1) is 0 Å².